The van der Waals surface area contributed by atoms with Gasteiger partial charge in [-0.15, -0.1) is 0 Å². The summed E-state index contributed by atoms with van der Waals surface area (Å²) in [7, 11) is 0. The van der Waals surface area contributed by atoms with Crippen LogP contribution in [0.25, 0.3) is 0 Å². The van der Waals surface area contributed by atoms with Gasteiger partial charge in [-0.2, -0.15) is 0 Å². The van der Waals surface area contributed by atoms with Crippen LogP contribution in [-0.4, -0.2) is 18.3 Å². The van der Waals surface area contributed by atoms with Crippen molar-refractivity contribution in [1.29, 1.82) is 0 Å². The van der Waals surface area contributed by atoms with Gasteiger partial charge in [0.25, 0.3) is 0 Å². The molecule has 0 saturated carbocycles. The number of anilines is 1. The predicted molar refractivity (Wildman–Crippen MR) is 43.0 cm³/mol. The van der Waals surface area contributed by atoms with Crippen molar-refractivity contribution < 1.29 is 18.7 Å². The molecule has 0 radical (unpaired) electrons. The third-order valence-electron chi connectivity index (χ3n) is 1.25. The van der Waals surface area contributed by atoms with Crippen LogP contribution in [0.1, 0.15) is 0 Å². The fourth-order valence-electron chi connectivity index (χ4n) is 0.793. The van der Waals surface area contributed by atoms with Crippen molar-refractivity contribution in [1.82, 2.24) is 0 Å². The quantitative estimate of drug-likeness (QED) is 0.554. The summed E-state index contributed by atoms with van der Waals surface area (Å²) in [6, 6.07) is 2.93. The first-order valence-electron chi connectivity index (χ1n) is 3.67. The van der Waals surface area contributed by atoms with Crippen LogP contribution in [0.2, 0.25) is 0 Å². The lowest BCUT2D eigenvalue weighted by atomic mass is 10.3. The molecule has 0 atom stereocenters. The highest BCUT2D eigenvalue weighted by atomic mass is 19.1. The van der Waals surface area contributed by atoms with Crippen LogP contribution in [0.5, 0.6) is 0 Å². The third kappa shape index (κ3) is 3.35. The minimum atomic E-state index is -0.685. The molecule has 0 aromatic heterocycles. The van der Waals surface area contributed by atoms with Crippen molar-refractivity contribution in [2.24, 2.45) is 0 Å². The van der Waals surface area contributed by atoms with Crippen LogP contribution in [0, 0.1) is 11.6 Å². The molecule has 5 heteroatoms. The summed E-state index contributed by atoms with van der Waals surface area (Å²) in [4.78, 5) is 4.65. The highest BCUT2D eigenvalue weighted by Gasteiger charge is 1.99. The van der Waals surface area contributed by atoms with E-state index in [-0.39, 0.29) is 18.9 Å². The van der Waals surface area contributed by atoms with E-state index in [1.807, 2.05) is 0 Å². The number of rotatable bonds is 4. The largest absolute Gasteiger partial charge is 0.394 e. The third-order valence-corrected chi connectivity index (χ3v) is 1.25. The molecule has 1 aromatic carbocycles. The molecule has 0 unspecified atom stereocenters. The van der Waals surface area contributed by atoms with Crippen LogP contribution in [0.15, 0.2) is 18.2 Å². The van der Waals surface area contributed by atoms with Crippen LogP contribution < -0.4 is 5.48 Å². The van der Waals surface area contributed by atoms with E-state index in [0.29, 0.717) is 0 Å². The van der Waals surface area contributed by atoms with Crippen molar-refractivity contribution in [3.63, 3.8) is 0 Å². The summed E-state index contributed by atoms with van der Waals surface area (Å²) in [6.45, 7) is -0.108. The molecule has 72 valence electrons. The van der Waals surface area contributed by atoms with Gasteiger partial charge in [-0.1, -0.05) is 0 Å². The first kappa shape index (κ1) is 9.88. The summed E-state index contributed by atoms with van der Waals surface area (Å²) in [5.74, 6) is -1.37. The van der Waals surface area contributed by atoms with Crippen molar-refractivity contribution >= 4 is 5.69 Å². The number of benzene rings is 1. The zero-order chi connectivity index (χ0) is 9.68. The van der Waals surface area contributed by atoms with Gasteiger partial charge in [0.15, 0.2) is 0 Å². The first-order chi connectivity index (χ1) is 6.22. The Morgan fingerprint density at radius 2 is 1.85 bits per heavy atom. The summed E-state index contributed by atoms with van der Waals surface area (Å²) < 4.78 is 25.1. The molecule has 0 aliphatic carbocycles. The van der Waals surface area contributed by atoms with Gasteiger partial charge in [-0.25, -0.2) is 8.78 Å². The molecular weight excluding hydrogens is 180 g/mol. The van der Waals surface area contributed by atoms with Gasteiger partial charge in [0.2, 0.25) is 0 Å². The van der Waals surface area contributed by atoms with E-state index >= 15 is 0 Å². The smallest absolute Gasteiger partial charge is 0.128 e. The Labute approximate surface area is 73.9 Å². The zero-order valence-electron chi connectivity index (χ0n) is 6.76. The highest BCUT2D eigenvalue weighted by Crippen LogP contribution is 2.12. The summed E-state index contributed by atoms with van der Waals surface area (Å²) in [5, 5.41) is 8.34. The van der Waals surface area contributed by atoms with E-state index in [1.54, 1.807) is 0 Å². The highest BCUT2D eigenvalue weighted by molar-refractivity contribution is 5.41. The Kier molecular flexibility index (Phi) is 3.60. The molecule has 0 heterocycles. The van der Waals surface area contributed by atoms with Gasteiger partial charge in [0, 0.05) is 6.07 Å². The maximum Gasteiger partial charge on any atom is 0.128 e. The molecular formula is C8H9F2NO2. The average molecular weight is 189 g/mol. The van der Waals surface area contributed by atoms with Crippen LogP contribution in [-0.2, 0) is 4.84 Å². The molecule has 0 saturated heterocycles. The molecule has 1 aromatic rings. The molecule has 2 N–H and O–H groups in total. The number of aliphatic hydroxyl groups excluding tert-OH is 1. The Hall–Kier alpha value is -1.20. The second kappa shape index (κ2) is 4.74. The van der Waals surface area contributed by atoms with Crippen molar-refractivity contribution in [3.8, 4) is 0 Å². The summed E-state index contributed by atoms with van der Waals surface area (Å²) >= 11 is 0. The van der Waals surface area contributed by atoms with E-state index in [2.05, 4.69) is 10.3 Å². The van der Waals surface area contributed by atoms with E-state index in [0.717, 1.165) is 18.2 Å². The Bertz CT molecular complexity index is 261. The summed E-state index contributed by atoms with van der Waals surface area (Å²) in [5.41, 5.74) is 2.46. The molecule has 0 aliphatic rings. The number of nitrogens with one attached hydrogen (secondary N) is 1. The van der Waals surface area contributed by atoms with Crippen LogP contribution >= 0.6 is 0 Å². The van der Waals surface area contributed by atoms with Gasteiger partial charge in [0.1, 0.15) is 11.6 Å². The topological polar surface area (TPSA) is 41.5 Å². The van der Waals surface area contributed by atoms with E-state index in [1.165, 1.54) is 0 Å². The van der Waals surface area contributed by atoms with Gasteiger partial charge in [-0.3, -0.25) is 10.3 Å². The number of halogens is 2. The SMILES string of the molecule is OCCONc1cc(F)cc(F)c1. The molecule has 3 nitrogen and oxygen atoms in total. The van der Waals surface area contributed by atoms with Crippen LogP contribution in [0.4, 0.5) is 14.5 Å². The molecule has 0 spiro atoms. The Morgan fingerprint density at radius 1 is 1.23 bits per heavy atom. The van der Waals surface area contributed by atoms with Crippen molar-refractivity contribution in [3.05, 3.63) is 29.8 Å². The zero-order valence-corrected chi connectivity index (χ0v) is 6.76. The number of hydrogen-bond donors (Lipinski definition) is 2. The maximum absolute atomic E-state index is 12.6. The van der Waals surface area contributed by atoms with Gasteiger partial charge in [0.05, 0.1) is 18.9 Å². The van der Waals surface area contributed by atoms with Gasteiger partial charge in [-0.05, 0) is 12.1 Å². The van der Waals surface area contributed by atoms with Crippen LogP contribution in [0.3, 0.4) is 0 Å². The maximum atomic E-state index is 12.6. The van der Waals surface area contributed by atoms with Crippen molar-refractivity contribution in [2.75, 3.05) is 18.7 Å². The Morgan fingerprint density at radius 3 is 2.38 bits per heavy atom. The van der Waals surface area contributed by atoms with E-state index in [4.69, 9.17) is 5.11 Å². The van der Waals surface area contributed by atoms with Crippen molar-refractivity contribution in [2.45, 2.75) is 0 Å². The molecule has 1 rings (SSSR count). The van der Waals surface area contributed by atoms with Gasteiger partial charge >= 0.3 is 0 Å². The normalized spacial score (nSPS) is 10.1. The number of hydrogen-bond acceptors (Lipinski definition) is 3. The second-order valence-corrected chi connectivity index (χ2v) is 2.33. The molecule has 0 bridgehead atoms. The fraction of sp³-hybridized carbons (Fsp3) is 0.250. The van der Waals surface area contributed by atoms with Gasteiger partial charge < -0.3 is 5.11 Å². The fourth-order valence-corrected chi connectivity index (χ4v) is 0.793. The molecule has 0 fully saturated rings. The number of aliphatic hydroxyl groups is 1. The first-order valence-corrected chi connectivity index (χ1v) is 3.67. The lowest BCUT2D eigenvalue weighted by Crippen LogP contribution is -2.06. The standard InChI is InChI=1S/C8H9F2NO2/c9-6-3-7(10)5-8(4-6)11-13-2-1-12/h3-5,11-12H,1-2H2. The molecule has 0 amide bonds. The minimum absolute atomic E-state index is 0.0537. The average Bonchev–Trinajstić information content (AvgIpc) is 2.03. The molecule has 13 heavy (non-hydrogen) atoms. The Balaban J connectivity index is 2.56. The predicted octanol–water partition coefficient (Wildman–Crippen LogP) is 1.30. The van der Waals surface area contributed by atoms with E-state index < -0.39 is 11.6 Å². The lowest BCUT2D eigenvalue weighted by Gasteiger charge is -2.05. The lowest BCUT2D eigenvalue weighted by molar-refractivity contribution is 0.133. The molecule has 0 aliphatic heterocycles. The monoisotopic (exact) mass is 189 g/mol. The summed E-state index contributed by atoms with van der Waals surface area (Å²) in [6.07, 6.45) is 0. The second-order valence-electron chi connectivity index (χ2n) is 2.33. The minimum Gasteiger partial charge on any atom is -0.394 e. The van der Waals surface area contributed by atoms with E-state index in [9.17, 15) is 8.78 Å².